The van der Waals surface area contributed by atoms with Crippen molar-refractivity contribution in [3.05, 3.63) is 39.5 Å². The molecule has 0 radical (unpaired) electrons. The molecular weight excluding hydrogens is 403 g/mol. The van der Waals surface area contributed by atoms with Crippen molar-refractivity contribution in [2.75, 3.05) is 5.32 Å². The molecule has 0 fully saturated rings. The predicted molar refractivity (Wildman–Crippen MR) is 91.8 cm³/mol. The molecule has 0 aromatic carbocycles. The molecule has 128 valence electrons. The average Bonchev–Trinajstić information content (AvgIpc) is 3.14. The van der Waals surface area contributed by atoms with Gasteiger partial charge in [-0.1, -0.05) is 5.16 Å². The van der Waals surface area contributed by atoms with Crippen LogP contribution in [0.3, 0.4) is 0 Å². The molecule has 10 heteroatoms. The van der Waals surface area contributed by atoms with Crippen molar-refractivity contribution in [3.63, 3.8) is 0 Å². The third-order valence-electron chi connectivity index (χ3n) is 3.60. The standard InChI is InChI=1S/C14H15BrClFN6O/c1-7(17)10(18)4-8-5-11(15)23-12(8)13(20-14(16)21-23)19-6-9-2-3-24-22-9/h2-3,5,7,10H,4,6,18H2,1H3,(H,19,20,21). The Morgan fingerprint density at radius 2 is 2.33 bits per heavy atom. The summed E-state index contributed by atoms with van der Waals surface area (Å²) in [6.45, 7) is 1.84. The molecule has 7 nitrogen and oxygen atoms in total. The largest absolute Gasteiger partial charge is 0.364 e. The lowest BCUT2D eigenvalue weighted by Gasteiger charge is -2.13. The fraction of sp³-hybridized carbons (Fsp3) is 0.357. The number of nitrogens with one attached hydrogen (secondary N) is 1. The molecule has 0 spiro atoms. The van der Waals surface area contributed by atoms with Crippen LogP contribution < -0.4 is 11.1 Å². The minimum atomic E-state index is -1.13. The fourth-order valence-corrected chi connectivity index (χ4v) is 3.01. The molecule has 3 rings (SSSR count). The highest BCUT2D eigenvalue weighted by Gasteiger charge is 2.20. The Balaban J connectivity index is 1.99. The number of aromatic nitrogens is 4. The van der Waals surface area contributed by atoms with Gasteiger partial charge in [-0.15, -0.1) is 5.10 Å². The lowest BCUT2D eigenvalue weighted by Crippen LogP contribution is -2.31. The highest BCUT2D eigenvalue weighted by Crippen LogP contribution is 2.28. The lowest BCUT2D eigenvalue weighted by atomic mass is 10.0. The van der Waals surface area contributed by atoms with Gasteiger partial charge < -0.3 is 15.6 Å². The van der Waals surface area contributed by atoms with Crippen LogP contribution >= 0.6 is 27.5 Å². The molecule has 3 aromatic rings. The van der Waals surface area contributed by atoms with Gasteiger partial charge in [0.15, 0.2) is 5.82 Å². The molecule has 2 atom stereocenters. The summed E-state index contributed by atoms with van der Waals surface area (Å²) in [5.41, 5.74) is 8.09. The molecule has 0 aliphatic carbocycles. The van der Waals surface area contributed by atoms with Gasteiger partial charge in [-0.3, -0.25) is 0 Å². The van der Waals surface area contributed by atoms with E-state index in [-0.39, 0.29) is 5.28 Å². The first-order valence-electron chi connectivity index (χ1n) is 7.22. The molecule has 0 aliphatic heterocycles. The van der Waals surface area contributed by atoms with E-state index in [0.29, 0.717) is 34.6 Å². The molecule has 0 amide bonds. The van der Waals surface area contributed by atoms with E-state index in [1.807, 2.05) is 6.07 Å². The molecule has 2 unspecified atom stereocenters. The number of rotatable bonds is 6. The number of fused-ring (bicyclic) bond motifs is 1. The summed E-state index contributed by atoms with van der Waals surface area (Å²) in [4.78, 5) is 4.24. The Morgan fingerprint density at radius 3 is 3.00 bits per heavy atom. The van der Waals surface area contributed by atoms with Gasteiger partial charge in [0.25, 0.3) is 0 Å². The van der Waals surface area contributed by atoms with E-state index in [2.05, 4.69) is 36.5 Å². The third-order valence-corrected chi connectivity index (χ3v) is 4.32. The van der Waals surface area contributed by atoms with Crippen LogP contribution in [0, 0.1) is 0 Å². The highest BCUT2D eigenvalue weighted by molar-refractivity contribution is 9.10. The predicted octanol–water partition coefficient (Wildman–Crippen LogP) is 2.97. The smallest absolute Gasteiger partial charge is 0.243 e. The van der Waals surface area contributed by atoms with Crippen LogP contribution in [-0.4, -0.2) is 32.0 Å². The molecule has 3 heterocycles. The summed E-state index contributed by atoms with van der Waals surface area (Å²) in [7, 11) is 0. The van der Waals surface area contributed by atoms with Gasteiger partial charge in [0.2, 0.25) is 5.28 Å². The van der Waals surface area contributed by atoms with Crippen molar-refractivity contribution in [1.82, 2.24) is 19.8 Å². The SMILES string of the molecule is CC(F)C(N)Cc1cc(Br)n2nc(Cl)nc(NCc3ccon3)c12. The lowest BCUT2D eigenvalue weighted by molar-refractivity contribution is 0.304. The van der Waals surface area contributed by atoms with Crippen molar-refractivity contribution in [2.24, 2.45) is 5.73 Å². The summed E-state index contributed by atoms with van der Waals surface area (Å²) >= 11 is 9.43. The second-order valence-electron chi connectivity index (χ2n) is 5.37. The number of alkyl halides is 1. The van der Waals surface area contributed by atoms with E-state index in [4.69, 9.17) is 21.9 Å². The van der Waals surface area contributed by atoms with Crippen molar-refractivity contribution in [2.45, 2.75) is 32.1 Å². The van der Waals surface area contributed by atoms with E-state index in [9.17, 15) is 4.39 Å². The van der Waals surface area contributed by atoms with Crippen molar-refractivity contribution in [3.8, 4) is 0 Å². The van der Waals surface area contributed by atoms with Gasteiger partial charge in [-0.2, -0.15) is 4.98 Å². The van der Waals surface area contributed by atoms with E-state index >= 15 is 0 Å². The summed E-state index contributed by atoms with van der Waals surface area (Å²) in [6.07, 6.45) is 0.704. The molecule has 24 heavy (non-hydrogen) atoms. The zero-order valence-corrected chi connectivity index (χ0v) is 15.1. The first kappa shape index (κ1) is 17.1. The first-order chi connectivity index (χ1) is 11.5. The highest BCUT2D eigenvalue weighted by atomic mass is 79.9. The van der Waals surface area contributed by atoms with E-state index < -0.39 is 12.2 Å². The van der Waals surface area contributed by atoms with Gasteiger partial charge in [-0.05, 0) is 52.5 Å². The summed E-state index contributed by atoms with van der Waals surface area (Å²) < 4.78 is 20.5. The minimum absolute atomic E-state index is 0.0798. The van der Waals surface area contributed by atoms with Crippen LogP contribution in [0.2, 0.25) is 5.28 Å². The monoisotopic (exact) mass is 416 g/mol. The maximum Gasteiger partial charge on any atom is 0.243 e. The first-order valence-corrected chi connectivity index (χ1v) is 8.39. The van der Waals surface area contributed by atoms with Gasteiger partial charge in [0, 0.05) is 12.1 Å². The normalized spacial score (nSPS) is 14.0. The molecule has 0 saturated heterocycles. The topological polar surface area (TPSA) is 94.3 Å². The summed E-state index contributed by atoms with van der Waals surface area (Å²) in [6, 6.07) is 2.95. The fourth-order valence-electron chi connectivity index (χ4n) is 2.31. The van der Waals surface area contributed by atoms with Gasteiger partial charge >= 0.3 is 0 Å². The van der Waals surface area contributed by atoms with Gasteiger partial charge in [-0.25, -0.2) is 8.91 Å². The van der Waals surface area contributed by atoms with Crippen LogP contribution in [-0.2, 0) is 13.0 Å². The van der Waals surface area contributed by atoms with Crippen molar-refractivity contribution >= 4 is 38.9 Å². The van der Waals surface area contributed by atoms with Crippen LogP contribution in [0.4, 0.5) is 10.2 Å². The van der Waals surface area contributed by atoms with Crippen LogP contribution in [0.1, 0.15) is 18.2 Å². The Bertz CT molecular complexity index is 838. The van der Waals surface area contributed by atoms with Crippen LogP contribution in [0.5, 0.6) is 0 Å². The molecule has 0 saturated carbocycles. The second-order valence-corrected chi connectivity index (χ2v) is 6.52. The number of nitrogens with two attached hydrogens (primary N) is 1. The average molecular weight is 418 g/mol. The molecule has 3 aromatic heterocycles. The molecule has 0 bridgehead atoms. The number of halogens is 3. The number of hydrogen-bond acceptors (Lipinski definition) is 6. The summed E-state index contributed by atoms with van der Waals surface area (Å²) in [5.74, 6) is 0.511. The maximum absolute atomic E-state index is 13.5. The molecular formula is C14H15BrClFN6O. The minimum Gasteiger partial charge on any atom is -0.364 e. The number of hydrogen-bond donors (Lipinski definition) is 2. The van der Waals surface area contributed by atoms with Crippen molar-refractivity contribution < 1.29 is 8.91 Å². The third kappa shape index (κ3) is 3.52. The Morgan fingerprint density at radius 1 is 1.54 bits per heavy atom. The van der Waals surface area contributed by atoms with Crippen LogP contribution in [0.25, 0.3) is 5.52 Å². The number of anilines is 1. The Kier molecular flexibility index (Phi) is 5.02. The van der Waals surface area contributed by atoms with E-state index in [1.165, 1.54) is 13.2 Å². The van der Waals surface area contributed by atoms with E-state index in [1.54, 1.807) is 10.6 Å². The van der Waals surface area contributed by atoms with Gasteiger partial charge in [0.05, 0.1) is 6.54 Å². The summed E-state index contributed by atoms with van der Waals surface area (Å²) in [5, 5.41) is 11.2. The Hall–Kier alpha value is -1.71. The van der Waals surface area contributed by atoms with Crippen molar-refractivity contribution in [1.29, 1.82) is 0 Å². The zero-order chi connectivity index (χ0) is 17.3. The van der Waals surface area contributed by atoms with Gasteiger partial charge in [0.1, 0.15) is 28.2 Å². The Labute approximate surface area is 150 Å². The van der Waals surface area contributed by atoms with Crippen LogP contribution in [0.15, 0.2) is 27.5 Å². The van der Waals surface area contributed by atoms with E-state index in [0.717, 1.165) is 5.56 Å². The zero-order valence-electron chi connectivity index (χ0n) is 12.7. The number of nitrogens with zero attached hydrogens (tertiary/aromatic N) is 4. The molecule has 3 N–H and O–H groups in total. The maximum atomic E-state index is 13.5. The molecule has 0 aliphatic rings. The second kappa shape index (κ2) is 7.04. The quantitative estimate of drug-likeness (QED) is 0.640.